The van der Waals surface area contributed by atoms with E-state index < -0.39 is 5.91 Å². The van der Waals surface area contributed by atoms with Gasteiger partial charge in [-0.1, -0.05) is 46.3 Å². The Kier molecular flexibility index (Phi) is 6.81. The van der Waals surface area contributed by atoms with Crippen LogP contribution in [-0.4, -0.2) is 17.6 Å². The van der Waals surface area contributed by atoms with Gasteiger partial charge >= 0.3 is 0 Å². The Labute approximate surface area is 161 Å². The van der Waals surface area contributed by atoms with Gasteiger partial charge in [0, 0.05) is 10.0 Å². The molecule has 0 spiro atoms. The standard InChI is InChI=1S/C20H19BrN2O3/c1-3-26-18-11-17(21)10-15(19(18)24)9-16(12-22)20(25)23-13(2)14-7-5-4-6-8-14/h4-11,13,24H,3H2,1-2H3,(H,23,25)/b16-9-/t13-/m1/s1. The van der Waals surface area contributed by atoms with Crippen LogP contribution in [0.3, 0.4) is 0 Å². The second kappa shape index (κ2) is 9.07. The average Bonchev–Trinajstić information content (AvgIpc) is 2.63. The Bertz CT molecular complexity index is 857. The van der Waals surface area contributed by atoms with E-state index in [1.165, 1.54) is 6.08 Å². The Morgan fingerprint density at radius 1 is 1.38 bits per heavy atom. The Morgan fingerprint density at radius 3 is 2.69 bits per heavy atom. The van der Waals surface area contributed by atoms with Crippen LogP contribution in [0.4, 0.5) is 0 Å². The van der Waals surface area contributed by atoms with Crippen molar-refractivity contribution in [3.63, 3.8) is 0 Å². The van der Waals surface area contributed by atoms with E-state index in [0.717, 1.165) is 5.56 Å². The van der Waals surface area contributed by atoms with Crippen LogP contribution >= 0.6 is 15.9 Å². The van der Waals surface area contributed by atoms with Gasteiger partial charge < -0.3 is 15.2 Å². The number of phenols is 1. The van der Waals surface area contributed by atoms with Gasteiger partial charge in [0.15, 0.2) is 11.5 Å². The molecule has 0 radical (unpaired) electrons. The highest BCUT2D eigenvalue weighted by atomic mass is 79.9. The maximum atomic E-state index is 12.4. The van der Waals surface area contributed by atoms with Crippen LogP contribution in [0.2, 0.25) is 0 Å². The first-order valence-electron chi connectivity index (χ1n) is 8.09. The number of hydrogen-bond acceptors (Lipinski definition) is 4. The molecule has 0 saturated heterocycles. The van der Waals surface area contributed by atoms with Gasteiger partial charge in [-0.05, 0) is 37.6 Å². The Hall–Kier alpha value is -2.78. The zero-order valence-corrected chi connectivity index (χ0v) is 16.1. The molecule has 6 heteroatoms. The molecule has 0 aliphatic carbocycles. The Balaban J connectivity index is 2.27. The lowest BCUT2D eigenvalue weighted by Gasteiger charge is -2.14. The lowest BCUT2D eigenvalue weighted by molar-refractivity contribution is -0.117. The summed E-state index contributed by atoms with van der Waals surface area (Å²) in [6.45, 7) is 4.02. The number of nitriles is 1. The van der Waals surface area contributed by atoms with Gasteiger partial charge in [-0.25, -0.2) is 0 Å². The van der Waals surface area contributed by atoms with Crippen molar-refractivity contribution in [1.82, 2.24) is 5.32 Å². The van der Waals surface area contributed by atoms with E-state index in [2.05, 4.69) is 21.2 Å². The number of halogens is 1. The van der Waals surface area contributed by atoms with Gasteiger partial charge in [-0.15, -0.1) is 0 Å². The third-order valence-electron chi connectivity index (χ3n) is 3.68. The lowest BCUT2D eigenvalue weighted by Crippen LogP contribution is -2.27. The normalized spacial score (nSPS) is 12.2. The van der Waals surface area contributed by atoms with Gasteiger partial charge in [0.1, 0.15) is 11.6 Å². The van der Waals surface area contributed by atoms with E-state index in [0.29, 0.717) is 16.6 Å². The van der Waals surface area contributed by atoms with Crippen molar-refractivity contribution in [3.8, 4) is 17.6 Å². The molecule has 0 aliphatic heterocycles. The molecule has 26 heavy (non-hydrogen) atoms. The fourth-order valence-corrected chi connectivity index (χ4v) is 2.83. The summed E-state index contributed by atoms with van der Waals surface area (Å²) in [6, 6.07) is 14.3. The van der Waals surface area contributed by atoms with Gasteiger partial charge in [0.05, 0.1) is 12.6 Å². The third-order valence-corrected chi connectivity index (χ3v) is 4.14. The van der Waals surface area contributed by atoms with Crippen LogP contribution in [0.5, 0.6) is 11.5 Å². The van der Waals surface area contributed by atoms with E-state index in [4.69, 9.17) is 4.74 Å². The predicted octanol–water partition coefficient (Wildman–Crippen LogP) is 4.34. The lowest BCUT2D eigenvalue weighted by atomic mass is 10.1. The number of benzene rings is 2. The molecule has 0 bridgehead atoms. The molecule has 1 amide bonds. The SMILES string of the molecule is CCOc1cc(Br)cc(/C=C(/C#N)C(=O)N[C@H](C)c2ccccc2)c1O. The van der Waals surface area contributed by atoms with Crippen LogP contribution in [-0.2, 0) is 4.79 Å². The largest absolute Gasteiger partial charge is 0.504 e. The second-order valence-corrected chi connectivity index (χ2v) is 6.47. The van der Waals surface area contributed by atoms with Crippen LogP contribution in [0.25, 0.3) is 6.08 Å². The molecular formula is C20H19BrN2O3. The molecule has 0 saturated carbocycles. The Morgan fingerprint density at radius 2 is 2.08 bits per heavy atom. The molecule has 1 atom stereocenters. The molecule has 0 unspecified atom stereocenters. The molecular weight excluding hydrogens is 396 g/mol. The van der Waals surface area contributed by atoms with Crippen molar-refractivity contribution < 1.29 is 14.6 Å². The van der Waals surface area contributed by atoms with Gasteiger partial charge in [0.2, 0.25) is 0 Å². The molecule has 2 aromatic carbocycles. The van der Waals surface area contributed by atoms with Crippen molar-refractivity contribution in [3.05, 3.63) is 63.6 Å². The fraction of sp³-hybridized carbons (Fsp3) is 0.200. The first-order valence-corrected chi connectivity index (χ1v) is 8.88. The van der Waals surface area contributed by atoms with Crippen LogP contribution < -0.4 is 10.1 Å². The average molecular weight is 415 g/mol. The molecule has 0 aliphatic rings. The summed E-state index contributed by atoms with van der Waals surface area (Å²) in [6.07, 6.45) is 1.34. The van der Waals surface area contributed by atoms with Crippen molar-refractivity contribution >= 4 is 27.9 Å². The molecule has 0 aromatic heterocycles. The van der Waals surface area contributed by atoms with Crippen LogP contribution in [0, 0.1) is 11.3 Å². The topological polar surface area (TPSA) is 82.3 Å². The number of rotatable bonds is 6. The van der Waals surface area contributed by atoms with Crippen LogP contribution in [0.15, 0.2) is 52.5 Å². The van der Waals surface area contributed by atoms with E-state index >= 15 is 0 Å². The van der Waals surface area contributed by atoms with E-state index in [-0.39, 0.29) is 23.1 Å². The number of nitrogens with one attached hydrogen (secondary N) is 1. The van der Waals surface area contributed by atoms with Crippen molar-refractivity contribution in [2.24, 2.45) is 0 Å². The summed E-state index contributed by atoms with van der Waals surface area (Å²) in [5.74, 6) is -0.351. The first kappa shape index (κ1) is 19.5. The first-order chi connectivity index (χ1) is 12.5. The van der Waals surface area contributed by atoms with Gasteiger partial charge in [0.25, 0.3) is 5.91 Å². The smallest absolute Gasteiger partial charge is 0.262 e. The van der Waals surface area contributed by atoms with E-state index in [9.17, 15) is 15.2 Å². The zero-order chi connectivity index (χ0) is 19.1. The maximum absolute atomic E-state index is 12.4. The minimum atomic E-state index is -0.513. The molecule has 134 valence electrons. The van der Waals surface area contributed by atoms with Gasteiger partial charge in [-0.3, -0.25) is 4.79 Å². The highest BCUT2D eigenvalue weighted by Crippen LogP contribution is 2.35. The quantitative estimate of drug-likeness (QED) is 0.543. The summed E-state index contributed by atoms with van der Waals surface area (Å²) in [5.41, 5.74) is 1.15. The van der Waals surface area contributed by atoms with Crippen molar-refractivity contribution in [1.29, 1.82) is 5.26 Å². The maximum Gasteiger partial charge on any atom is 0.262 e. The number of carbonyl (C=O) groups excluding carboxylic acids is 1. The highest BCUT2D eigenvalue weighted by molar-refractivity contribution is 9.10. The number of carbonyl (C=O) groups is 1. The number of nitrogens with zero attached hydrogens (tertiary/aromatic N) is 1. The fourth-order valence-electron chi connectivity index (χ4n) is 2.37. The monoisotopic (exact) mass is 414 g/mol. The summed E-state index contributed by atoms with van der Waals surface area (Å²) >= 11 is 3.33. The molecule has 0 fully saturated rings. The van der Waals surface area contributed by atoms with Crippen molar-refractivity contribution in [2.45, 2.75) is 19.9 Å². The number of ether oxygens (including phenoxy) is 1. The number of aromatic hydroxyl groups is 1. The van der Waals surface area contributed by atoms with Crippen molar-refractivity contribution in [2.75, 3.05) is 6.61 Å². The summed E-state index contributed by atoms with van der Waals surface area (Å²) < 4.78 is 6.03. The van der Waals surface area contributed by atoms with Gasteiger partial charge in [-0.2, -0.15) is 5.26 Å². The van der Waals surface area contributed by atoms with E-state index in [1.54, 1.807) is 19.1 Å². The zero-order valence-electron chi connectivity index (χ0n) is 14.5. The number of phenolic OH excluding ortho intramolecular Hbond substituents is 1. The minimum absolute atomic E-state index is 0.108. The summed E-state index contributed by atoms with van der Waals surface area (Å²) in [4.78, 5) is 12.4. The summed E-state index contributed by atoms with van der Waals surface area (Å²) in [7, 11) is 0. The minimum Gasteiger partial charge on any atom is -0.504 e. The molecule has 2 N–H and O–H groups in total. The molecule has 2 aromatic rings. The highest BCUT2D eigenvalue weighted by Gasteiger charge is 2.16. The summed E-state index contributed by atoms with van der Waals surface area (Å²) in [5, 5.41) is 22.5. The van der Waals surface area contributed by atoms with Crippen LogP contribution in [0.1, 0.15) is 31.0 Å². The molecule has 2 rings (SSSR count). The second-order valence-electron chi connectivity index (χ2n) is 5.55. The third kappa shape index (κ3) is 4.87. The number of amides is 1. The predicted molar refractivity (Wildman–Crippen MR) is 104 cm³/mol. The molecule has 5 nitrogen and oxygen atoms in total. The number of hydrogen-bond donors (Lipinski definition) is 2. The molecule has 0 heterocycles. The van der Waals surface area contributed by atoms with E-state index in [1.807, 2.05) is 43.3 Å².